The summed E-state index contributed by atoms with van der Waals surface area (Å²) >= 11 is 0. The minimum Gasteiger partial charge on any atom is -0.496 e. The number of amides is 2. The lowest BCUT2D eigenvalue weighted by atomic mass is 9.98. The monoisotopic (exact) mass is 374 g/mol. The second-order valence-corrected chi connectivity index (χ2v) is 7.62. The summed E-state index contributed by atoms with van der Waals surface area (Å²) in [6, 6.07) is 5.97. The van der Waals surface area contributed by atoms with E-state index in [0.29, 0.717) is 45.1 Å². The first-order chi connectivity index (χ1) is 13.0. The van der Waals surface area contributed by atoms with Crippen LogP contribution in [0.2, 0.25) is 0 Å². The molecule has 1 unspecified atom stereocenters. The predicted octanol–water partition coefficient (Wildman–Crippen LogP) is 2.21. The van der Waals surface area contributed by atoms with E-state index in [9.17, 15) is 9.59 Å². The highest BCUT2D eigenvalue weighted by Crippen LogP contribution is 2.27. The molecule has 0 spiro atoms. The molecule has 6 nitrogen and oxygen atoms in total. The van der Waals surface area contributed by atoms with Gasteiger partial charge >= 0.3 is 0 Å². The van der Waals surface area contributed by atoms with Gasteiger partial charge in [0.1, 0.15) is 11.9 Å². The standard InChI is InChI=1S/C21H30N2O4/c1-15(2)17-13-16(6-7-18(17)26-3)14-20(24)22-8-10-23(11-9-22)21(25)19-5-4-12-27-19/h6-7,13,15,19H,4-5,8-12,14H2,1-3H3. The maximum Gasteiger partial charge on any atom is 0.251 e. The number of ether oxygens (including phenoxy) is 2. The molecule has 2 fully saturated rings. The fourth-order valence-electron chi connectivity index (χ4n) is 3.78. The Balaban J connectivity index is 1.55. The van der Waals surface area contributed by atoms with Gasteiger partial charge in [-0.05, 0) is 36.0 Å². The molecule has 2 aliphatic heterocycles. The number of carbonyl (C=O) groups excluding carboxylic acids is 2. The van der Waals surface area contributed by atoms with Crippen LogP contribution in [0.4, 0.5) is 0 Å². The lowest BCUT2D eigenvalue weighted by Crippen LogP contribution is -2.53. The lowest BCUT2D eigenvalue weighted by molar-refractivity contribution is -0.145. The first-order valence-corrected chi connectivity index (χ1v) is 9.84. The van der Waals surface area contributed by atoms with E-state index in [1.165, 1.54) is 0 Å². The van der Waals surface area contributed by atoms with Gasteiger partial charge in [0.2, 0.25) is 5.91 Å². The summed E-state index contributed by atoms with van der Waals surface area (Å²) in [5, 5.41) is 0. The summed E-state index contributed by atoms with van der Waals surface area (Å²) in [6.07, 6.45) is 1.87. The summed E-state index contributed by atoms with van der Waals surface area (Å²) < 4.78 is 10.9. The number of hydrogen-bond donors (Lipinski definition) is 0. The van der Waals surface area contributed by atoms with Crippen LogP contribution < -0.4 is 4.74 Å². The van der Waals surface area contributed by atoms with Crippen molar-refractivity contribution in [3.05, 3.63) is 29.3 Å². The van der Waals surface area contributed by atoms with Gasteiger partial charge in [0, 0.05) is 32.8 Å². The molecule has 0 aromatic heterocycles. The van der Waals surface area contributed by atoms with Gasteiger partial charge in [0.05, 0.1) is 13.5 Å². The number of carbonyl (C=O) groups is 2. The van der Waals surface area contributed by atoms with Gasteiger partial charge in [-0.3, -0.25) is 9.59 Å². The van der Waals surface area contributed by atoms with E-state index in [2.05, 4.69) is 19.9 Å². The van der Waals surface area contributed by atoms with Crippen LogP contribution in [0.15, 0.2) is 18.2 Å². The molecule has 2 amide bonds. The molecular formula is C21H30N2O4. The average molecular weight is 374 g/mol. The van der Waals surface area contributed by atoms with Gasteiger partial charge in [-0.15, -0.1) is 0 Å². The van der Waals surface area contributed by atoms with E-state index >= 15 is 0 Å². The smallest absolute Gasteiger partial charge is 0.251 e. The number of rotatable bonds is 5. The number of benzene rings is 1. The lowest BCUT2D eigenvalue weighted by Gasteiger charge is -2.35. The summed E-state index contributed by atoms with van der Waals surface area (Å²) in [5.74, 6) is 1.39. The predicted molar refractivity (Wildman–Crippen MR) is 103 cm³/mol. The van der Waals surface area contributed by atoms with Gasteiger partial charge in [-0.2, -0.15) is 0 Å². The molecule has 148 valence electrons. The zero-order chi connectivity index (χ0) is 19.4. The molecule has 1 aromatic rings. The van der Waals surface area contributed by atoms with Gasteiger partial charge in [0.15, 0.2) is 0 Å². The summed E-state index contributed by atoms with van der Waals surface area (Å²) in [4.78, 5) is 28.8. The van der Waals surface area contributed by atoms with Crippen LogP contribution in [0.3, 0.4) is 0 Å². The summed E-state index contributed by atoms with van der Waals surface area (Å²) in [7, 11) is 1.67. The molecule has 3 rings (SSSR count). The minimum atomic E-state index is -0.277. The number of hydrogen-bond acceptors (Lipinski definition) is 4. The zero-order valence-corrected chi connectivity index (χ0v) is 16.6. The Morgan fingerprint density at radius 3 is 2.48 bits per heavy atom. The maximum atomic E-state index is 12.7. The molecule has 1 atom stereocenters. The van der Waals surface area contributed by atoms with Crippen LogP contribution in [-0.4, -0.2) is 67.6 Å². The maximum absolute atomic E-state index is 12.7. The molecule has 2 saturated heterocycles. The van der Waals surface area contributed by atoms with Crippen molar-refractivity contribution in [2.24, 2.45) is 0 Å². The molecule has 0 aliphatic carbocycles. The fourth-order valence-corrected chi connectivity index (χ4v) is 3.78. The summed E-state index contributed by atoms with van der Waals surface area (Å²) in [5.41, 5.74) is 2.12. The van der Waals surface area contributed by atoms with Gasteiger partial charge in [0.25, 0.3) is 5.91 Å². The third kappa shape index (κ3) is 4.61. The van der Waals surface area contributed by atoms with E-state index < -0.39 is 0 Å². The van der Waals surface area contributed by atoms with Crippen LogP contribution in [0, 0.1) is 0 Å². The quantitative estimate of drug-likeness (QED) is 0.793. The first-order valence-electron chi connectivity index (χ1n) is 9.84. The molecule has 0 N–H and O–H groups in total. The van der Waals surface area contributed by atoms with Crippen molar-refractivity contribution in [3.63, 3.8) is 0 Å². The SMILES string of the molecule is COc1ccc(CC(=O)N2CCN(C(=O)C3CCCO3)CC2)cc1C(C)C. The highest BCUT2D eigenvalue weighted by molar-refractivity contribution is 5.82. The topological polar surface area (TPSA) is 59.1 Å². The van der Waals surface area contributed by atoms with E-state index in [0.717, 1.165) is 29.7 Å². The van der Waals surface area contributed by atoms with Crippen LogP contribution in [0.5, 0.6) is 5.75 Å². The van der Waals surface area contributed by atoms with Crippen molar-refractivity contribution in [1.29, 1.82) is 0 Å². The second-order valence-electron chi connectivity index (χ2n) is 7.62. The Hall–Kier alpha value is -2.08. The Bertz CT molecular complexity index is 675. The van der Waals surface area contributed by atoms with Gasteiger partial charge in [-0.25, -0.2) is 0 Å². The normalized spacial score (nSPS) is 20.2. The van der Waals surface area contributed by atoms with Crippen molar-refractivity contribution in [1.82, 2.24) is 9.80 Å². The Labute approximate surface area is 161 Å². The Morgan fingerprint density at radius 2 is 1.89 bits per heavy atom. The molecule has 0 radical (unpaired) electrons. The van der Waals surface area contributed by atoms with Crippen molar-refractivity contribution in [2.45, 2.75) is 45.1 Å². The molecule has 6 heteroatoms. The van der Waals surface area contributed by atoms with Crippen LogP contribution in [-0.2, 0) is 20.7 Å². The number of nitrogens with zero attached hydrogens (tertiary/aromatic N) is 2. The van der Waals surface area contributed by atoms with Crippen LogP contribution in [0.25, 0.3) is 0 Å². The minimum absolute atomic E-state index is 0.0799. The third-order valence-corrected chi connectivity index (χ3v) is 5.42. The molecule has 2 aliphatic rings. The zero-order valence-electron chi connectivity index (χ0n) is 16.6. The second kappa shape index (κ2) is 8.74. The number of piperazine rings is 1. The molecule has 27 heavy (non-hydrogen) atoms. The number of methoxy groups -OCH3 is 1. The van der Waals surface area contributed by atoms with Crippen molar-refractivity contribution >= 4 is 11.8 Å². The molecule has 2 heterocycles. The fraction of sp³-hybridized carbons (Fsp3) is 0.619. The van der Waals surface area contributed by atoms with Crippen LogP contribution in [0.1, 0.15) is 43.7 Å². The molecule has 0 saturated carbocycles. The van der Waals surface area contributed by atoms with Gasteiger partial charge < -0.3 is 19.3 Å². The first kappa shape index (κ1) is 19.7. The van der Waals surface area contributed by atoms with Crippen molar-refractivity contribution in [3.8, 4) is 5.75 Å². The van der Waals surface area contributed by atoms with E-state index in [1.54, 1.807) is 7.11 Å². The van der Waals surface area contributed by atoms with E-state index in [1.807, 2.05) is 21.9 Å². The van der Waals surface area contributed by atoms with E-state index in [4.69, 9.17) is 9.47 Å². The molecular weight excluding hydrogens is 344 g/mol. The Morgan fingerprint density at radius 1 is 1.19 bits per heavy atom. The van der Waals surface area contributed by atoms with Crippen molar-refractivity contribution in [2.75, 3.05) is 39.9 Å². The molecule has 0 bridgehead atoms. The van der Waals surface area contributed by atoms with E-state index in [-0.39, 0.29) is 17.9 Å². The highest BCUT2D eigenvalue weighted by Gasteiger charge is 2.31. The largest absolute Gasteiger partial charge is 0.496 e. The van der Waals surface area contributed by atoms with Crippen molar-refractivity contribution < 1.29 is 19.1 Å². The molecule has 1 aromatic carbocycles. The van der Waals surface area contributed by atoms with Gasteiger partial charge in [-0.1, -0.05) is 26.0 Å². The summed E-state index contributed by atoms with van der Waals surface area (Å²) in [6.45, 7) is 7.26. The Kier molecular flexibility index (Phi) is 6.37. The highest BCUT2D eigenvalue weighted by atomic mass is 16.5. The third-order valence-electron chi connectivity index (χ3n) is 5.42. The average Bonchev–Trinajstić information content (AvgIpc) is 3.22. The van der Waals surface area contributed by atoms with Crippen LogP contribution >= 0.6 is 0 Å².